The van der Waals surface area contributed by atoms with Crippen molar-refractivity contribution in [3.63, 3.8) is 0 Å². The standard InChI is InChI=1S/C23H30ClN5O2/c24-22-26-13-15(14-27-22)28-21(31)19-17-6-5-16(23(17)7-8-23)18(19)20(30)25-9-1-2-10-29-11-3-4-12-29/h5-6,13-14,16-19H,1-4,7-12H2,(H,25,30)(H,28,31)/t16-,17-,18-,19-/m1/s1. The summed E-state index contributed by atoms with van der Waals surface area (Å²) in [5.41, 5.74) is 0.628. The summed E-state index contributed by atoms with van der Waals surface area (Å²) in [7, 11) is 0. The second kappa shape index (κ2) is 8.51. The quantitative estimate of drug-likeness (QED) is 0.366. The number of nitrogens with zero attached hydrogens (tertiary/aromatic N) is 3. The predicted octanol–water partition coefficient (Wildman–Crippen LogP) is 2.89. The number of carbonyl (C=O) groups excluding carboxylic acids is 2. The van der Waals surface area contributed by atoms with Crippen LogP contribution in [0.15, 0.2) is 24.5 Å². The summed E-state index contributed by atoms with van der Waals surface area (Å²) in [6, 6.07) is 0. The van der Waals surface area contributed by atoms with Crippen molar-refractivity contribution in [3.8, 4) is 0 Å². The van der Waals surface area contributed by atoms with Gasteiger partial charge in [0.05, 0.1) is 29.9 Å². The third-order valence-electron chi connectivity index (χ3n) is 7.73. The lowest BCUT2D eigenvalue weighted by Gasteiger charge is -2.26. The number of halogens is 1. The number of allylic oxidation sites excluding steroid dienone is 2. The molecule has 4 atom stereocenters. The monoisotopic (exact) mass is 443 g/mol. The number of amides is 2. The average Bonchev–Trinajstić information content (AvgIpc) is 3.12. The van der Waals surface area contributed by atoms with E-state index in [0.717, 1.165) is 32.2 Å². The fraction of sp³-hybridized carbons (Fsp3) is 0.652. The first-order chi connectivity index (χ1) is 15.1. The third kappa shape index (κ3) is 3.98. The number of hydrogen-bond donors (Lipinski definition) is 2. The summed E-state index contributed by atoms with van der Waals surface area (Å²) in [6.07, 6.45) is 14.2. The second-order valence-electron chi connectivity index (χ2n) is 9.50. The van der Waals surface area contributed by atoms with Crippen LogP contribution in [0.5, 0.6) is 0 Å². The molecule has 2 heterocycles. The van der Waals surface area contributed by atoms with Gasteiger partial charge in [-0.15, -0.1) is 0 Å². The zero-order chi connectivity index (χ0) is 21.4. The first-order valence-electron chi connectivity index (χ1n) is 11.6. The Morgan fingerprint density at radius 1 is 1.03 bits per heavy atom. The first-order valence-corrected chi connectivity index (χ1v) is 11.9. The van der Waals surface area contributed by atoms with E-state index in [9.17, 15) is 9.59 Å². The average molecular weight is 444 g/mol. The minimum Gasteiger partial charge on any atom is -0.356 e. The molecular weight excluding hydrogens is 414 g/mol. The second-order valence-corrected chi connectivity index (χ2v) is 9.84. The van der Waals surface area contributed by atoms with E-state index < -0.39 is 0 Å². The Hall–Kier alpha value is -1.99. The maximum absolute atomic E-state index is 13.2. The minimum atomic E-state index is -0.349. The smallest absolute Gasteiger partial charge is 0.229 e. The molecule has 2 amide bonds. The van der Waals surface area contributed by atoms with Gasteiger partial charge in [0.2, 0.25) is 17.1 Å². The van der Waals surface area contributed by atoms with Crippen molar-refractivity contribution in [1.29, 1.82) is 0 Å². The molecule has 2 bridgehead atoms. The number of rotatable bonds is 8. The van der Waals surface area contributed by atoms with Crippen LogP contribution in [0.25, 0.3) is 0 Å². The number of nitrogens with one attached hydrogen (secondary N) is 2. The van der Waals surface area contributed by atoms with Crippen molar-refractivity contribution in [2.24, 2.45) is 29.1 Å². The Kier molecular flexibility index (Phi) is 5.73. The highest BCUT2D eigenvalue weighted by Crippen LogP contribution is 2.72. The lowest BCUT2D eigenvalue weighted by Crippen LogP contribution is -2.42. The summed E-state index contributed by atoms with van der Waals surface area (Å²) in [6.45, 7) is 4.21. The van der Waals surface area contributed by atoms with Gasteiger partial charge >= 0.3 is 0 Å². The van der Waals surface area contributed by atoms with Crippen molar-refractivity contribution in [1.82, 2.24) is 20.2 Å². The molecule has 8 heteroatoms. The fourth-order valence-corrected chi connectivity index (χ4v) is 6.21. The van der Waals surface area contributed by atoms with E-state index in [1.807, 2.05) is 0 Å². The van der Waals surface area contributed by atoms with Gasteiger partial charge < -0.3 is 15.5 Å². The summed E-state index contributed by atoms with van der Waals surface area (Å²) in [5, 5.41) is 6.19. The van der Waals surface area contributed by atoms with Crippen LogP contribution >= 0.6 is 11.6 Å². The molecule has 2 saturated carbocycles. The molecule has 3 aliphatic carbocycles. The van der Waals surface area contributed by atoms with Crippen molar-refractivity contribution < 1.29 is 9.59 Å². The number of anilines is 1. The van der Waals surface area contributed by atoms with Crippen LogP contribution in [0, 0.1) is 29.1 Å². The molecule has 1 aromatic rings. The third-order valence-corrected chi connectivity index (χ3v) is 7.93. The van der Waals surface area contributed by atoms with Crippen LogP contribution < -0.4 is 10.6 Å². The fourth-order valence-electron chi connectivity index (χ4n) is 6.11. The van der Waals surface area contributed by atoms with E-state index in [1.165, 1.54) is 38.3 Å². The normalized spacial score (nSPS) is 30.1. The van der Waals surface area contributed by atoms with Gasteiger partial charge in [-0.1, -0.05) is 12.2 Å². The van der Waals surface area contributed by atoms with Crippen LogP contribution in [0.2, 0.25) is 5.28 Å². The van der Waals surface area contributed by atoms with E-state index in [4.69, 9.17) is 11.6 Å². The Labute approximate surface area is 188 Å². The van der Waals surface area contributed by atoms with Gasteiger partial charge in [0, 0.05) is 6.54 Å². The molecule has 1 aliphatic heterocycles. The summed E-state index contributed by atoms with van der Waals surface area (Å²) in [4.78, 5) is 36.8. The summed E-state index contributed by atoms with van der Waals surface area (Å²) >= 11 is 5.75. The highest BCUT2D eigenvalue weighted by atomic mass is 35.5. The Morgan fingerprint density at radius 3 is 2.32 bits per heavy atom. The highest BCUT2D eigenvalue weighted by molar-refractivity contribution is 6.28. The number of aromatic nitrogens is 2. The summed E-state index contributed by atoms with van der Waals surface area (Å²) < 4.78 is 0. The molecule has 31 heavy (non-hydrogen) atoms. The zero-order valence-electron chi connectivity index (χ0n) is 17.7. The molecule has 0 radical (unpaired) electrons. The molecular formula is C23H30ClN5O2. The predicted molar refractivity (Wildman–Crippen MR) is 118 cm³/mol. The van der Waals surface area contributed by atoms with Gasteiger partial charge in [-0.3, -0.25) is 9.59 Å². The Bertz CT molecular complexity index is 863. The molecule has 1 spiro atoms. The van der Waals surface area contributed by atoms with Gasteiger partial charge in [-0.05, 0) is 87.0 Å². The Morgan fingerprint density at radius 2 is 1.68 bits per heavy atom. The largest absolute Gasteiger partial charge is 0.356 e. The Balaban J connectivity index is 1.20. The van der Waals surface area contributed by atoms with E-state index in [2.05, 4.69) is 37.7 Å². The minimum absolute atomic E-state index is 0.0248. The highest BCUT2D eigenvalue weighted by Gasteiger charge is 2.69. The van der Waals surface area contributed by atoms with Crippen LogP contribution in [-0.2, 0) is 9.59 Å². The van der Waals surface area contributed by atoms with Crippen molar-refractivity contribution in [3.05, 3.63) is 29.8 Å². The number of hydrogen-bond acceptors (Lipinski definition) is 5. The number of unbranched alkanes of at least 4 members (excludes halogenated alkanes) is 1. The van der Waals surface area contributed by atoms with Crippen LogP contribution in [0.1, 0.15) is 38.5 Å². The summed E-state index contributed by atoms with van der Waals surface area (Å²) in [5.74, 6) is -0.446. The molecule has 4 aliphatic rings. The van der Waals surface area contributed by atoms with Crippen LogP contribution in [0.3, 0.4) is 0 Å². The van der Waals surface area contributed by atoms with Gasteiger partial charge in [-0.2, -0.15) is 0 Å². The van der Waals surface area contributed by atoms with Gasteiger partial charge in [0.15, 0.2) is 0 Å². The molecule has 7 nitrogen and oxygen atoms in total. The number of carbonyl (C=O) groups is 2. The number of likely N-dealkylation sites (tertiary alicyclic amines) is 1. The van der Waals surface area contributed by atoms with Crippen molar-refractivity contribution in [2.75, 3.05) is 31.5 Å². The zero-order valence-corrected chi connectivity index (χ0v) is 18.5. The molecule has 3 fully saturated rings. The lowest BCUT2D eigenvalue weighted by molar-refractivity contribution is -0.132. The lowest BCUT2D eigenvalue weighted by atomic mass is 9.81. The molecule has 1 aromatic heterocycles. The van der Waals surface area contributed by atoms with Crippen molar-refractivity contribution in [2.45, 2.75) is 38.5 Å². The van der Waals surface area contributed by atoms with Crippen LogP contribution in [0.4, 0.5) is 5.69 Å². The van der Waals surface area contributed by atoms with Gasteiger partial charge in [0.1, 0.15) is 0 Å². The maximum atomic E-state index is 13.2. The van der Waals surface area contributed by atoms with E-state index >= 15 is 0 Å². The topological polar surface area (TPSA) is 87.2 Å². The molecule has 5 rings (SSSR count). The van der Waals surface area contributed by atoms with E-state index in [-0.39, 0.29) is 46.2 Å². The van der Waals surface area contributed by atoms with Crippen molar-refractivity contribution >= 4 is 29.1 Å². The molecule has 0 unspecified atom stereocenters. The maximum Gasteiger partial charge on any atom is 0.229 e. The SMILES string of the molecule is O=C(NCCCCN1CCCC1)[C@H]1[C@H](C(=O)Nc2cnc(Cl)nc2)[C@H]2C=C[C@H]1C21CC1. The van der Waals surface area contributed by atoms with Gasteiger partial charge in [0.25, 0.3) is 0 Å². The van der Waals surface area contributed by atoms with E-state index in [1.54, 1.807) is 0 Å². The van der Waals surface area contributed by atoms with E-state index in [0.29, 0.717) is 12.2 Å². The molecule has 2 N–H and O–H groups in total. The van der Waals surface area contributed by atoms with Crippen LogP contribution in [-0.4, -0.2) is 52.9 Å². The van der Waals surface area contributed by atoms with Gasteiger partial charge in [-0.25, -0.2) is 9.97 Å². The molecule has 1 saturated heterocycles. The molecule has 166 valence electrons. The molecule has 0 aromatic carbocycles. The first kappa shape index (κ1) is 20.9.